The van der Waals surface area contributed by atoms with E-state index in [2.05, 4.69) is 5.10 Å². The minimum atomic E-state index is -2.77. The van der Waals surface area contributed by atoms with Gasteiger partial charge in [-0.25, -0.2) is 9.48 Å². The third-order valence-corrected chi connectivity index (χ3v) is 2.86. The summed E-state index contributed by atoms with van der Waals surface area (Å²) in [5, 5.41) is 13.1. The molecule has 0 radical (unpaired) electrons. The van der Waals surface area contributed by atoms with Gasteiger partial charge in [0.05, 0.1) is 11.7 Å². The number of hydrogen-bond donors (Lipinski definition) is 1. The maximum absolute atomic E-state index is 12.6. The zero-order valence-electron chi connectivity index (χ0n) is 9.72. The Kier molecular flexibility index (Phi) is 2.62. The Bertz CT molecular complexity index is 650. The standard InChI is InChI=1S/C12H10F2N2O3/c13-12(14)16-5-7-3-6(11(17)18)4-9(10(7)15-16)19-8-1-2-8/h3-5,8,12H,1-2H2,(H,17,18). The van der Waals surface area contributed by atoms with Crippen LogP contribution < -0.4 is 4.74 Å². The Labute approximate surface area is 106 Å². The molecule has 2 aromatic rings. The highest BCUT2D eigenvalue weighted by molar-refractivity contribution is 5.96. The predicted octanol–water partition coefficient (Wildman–Crippen LogP) is 2.67. The monoisotopic (exact) mass is 268 g/mol. The summed E-state index contributed by atoms with van der Waals surface area (Å²) in [6.45, 7) is -2.77. The van der Waals surface area contributed by atoms with E-state index >= 15 is 0 Å². The van der Waals surface area contributed by atoms with Gasteiger partial charge in [0, 0.05) is 11.6 Å². The van der Waals surface area contributed by atoms with E-state index in [-0.39, 0.29) is 22.9 Å². The van der Waals surface area contributed by atoms with E-state index in [4.69, 9.17) is 9.84 Å². The van der Waals surface area contributed by atoms with Crippen LogP contribution in [-0.2, 0) is 0 Å². The van der Waals surface area contributed by atoms with Crippen molar-refractivity contribution >= 4 is 16.9 Å². The van der Waals surface area contributed by atoms with E-state index in [1.165, 1.54) is 12.1 Å². The molecule has 0 aliphatic heterocycles. The lowest BCUT2D eigenvalue weighted by atomic mass is 10.1. The van der Waals surface area contributed by atoms with Gasteiger partial charge >= 0.3 is 12.5 Å². The summed E-state index contributed by atoms with van der Waals surface area (Å²) >= 11 is 0. The van der Waals surface area contributed by atoms with Crippen molar-refractivity contribution in [3.05, 3.63) is 23.9 Å². The fourth-order valence-electron chi connectivity index (χ4n) is 1.80. The van der Waals surface area contributed by atoms with Gasteiger partial charge in [-0.2, -0.15) is 13.9 Å². The number of nitrogens with zero attached hydrogens (tertiary/aromatic N) is 2. The molecule has 19 heavy (non-hydrogen) atoms. The number of aromatic carboxylic acids is 1. The summed E-state index contributed by atoms with van der Waals surface area (Å²) in [5.74, 6) is -0.885. The van der Waals surface area contributed by atoms with Crippen molar-refractivity contribution in [3.63, 3.8) is 0 Å². The SMILES string of the molecule is O=C(O)c1cc(OC2CC2)c2nn(C(F)F)cc2c1. The lowest BCUT2D eigenvalue weighted by Crippen LogP contribution is -2.01. The molecule has 1 N–H and O–H groups in total. The summed E-state index contributed by atoms with van der Waals surface area (Å²) in [6.07, 6.45) is 2.92. The van der Waals surface area contributed by atoms with Crippen molar-refractivity contribution in [3.8, 4) is 5.75 Å². The van der Waals surface area contributed by atoms with E-state index in [0.717, 1.165) is 19.0 Å². The van der Waals surface area contributed by atoms with Crippen LogP contribution in [0.4, 0.5) is 8.78 Å². The fourth-order valence-corrected chi connectivity index (χ4v) is 1.80. The Morgan fingerprint density at radius 3 is 2.79 bits per heavy atom. The summed E-state index contributed by atoms with van der Waals surface area (Å²) < 4.78 is 31.3. The van der Waals surface area contributed by atoms with Crippen LogP contribution in [0.3, 0.4) is 0 Å². The molecule has 0 saturated heterocycles. The molecule has 7 heteroatoms. The number of rotatable bonds is 4. The number of hydrogen-bond acceptors (Lipinski definition) is 3. The summed E-state index contributed by atoms with van der Waals surface area (Å²) in [5.41, 5.74) is 0.258. The number of ether oxygens (including phenoxy) is 1. The molecule has 0 atom stereocenters. The number of carbonyl (C=O) groups is 1. The number of benzene rings is 1. The van der Waals surface area contributed by atoms with Gasteiger partial charge in [0.2, 0.25) is 0 Å². The average Bonchev–Trinajstić information content (AvgIpc) is 3.04. The van der Waals surface area contributed by atoms with Gasteiger partial charge in [-0.1, -0.05) is 0 Å². The Balaban J connectivity index is 2.14. The quantitative estimate of drug-likeness (QED) is 0.925. The second-order valence-corrected chi connectivity index (χ2v) is 4.42. The van der Waals surface area contributed by atoms with Crippen molar-refractivity contribution in [2.45, 2.75) is 25.5 Å². The van der Waals surface area contributed by atoms with Crippen LogP contribution in [0.1, 0.15) is 29.7 Å². The summed E-state index contributed by atoms with van der Waals surface area (Å²) in [4.78, 5) is 11.0. The molecule has 1 aromatic carbocycles. The van der Waals surface area contributed by atoms with Gasteiger partial charge < -0.3 is 9.84 Å². The smallest absolute Gasteiger partial charge is 0.335 e. The lowest BCUT2D eigenvalue weighted by Gasteiger charge is -2.06. The first-order chi connectivity index (χ1) is 9.04. The average molecular weight is 268 g/mol. The van der Waals surface area contributed by atoms with Crippen molar-refractivity contribution in [1.29, 1.82) is 0 Å². The third-order valence-electron chi connectivity index (χ3n) is 2.86. The molecule has 1 aliphatic rings. The summed E-state index contributed by atoms with van der Waals surface area (Å²) in [6, 6.07) is 2.63. The maximum atomic E-state index is 12.6. The number of halogens is 2. The molecule has 0 bridgehead atoms. The van der Waals surface area contributed by atoms with E-state index in [0.29, 0.717) is 10.1 Å². The largest absolute Gasteiger partial charge is 0.488 e. The molecule has 3 rings (SSSR count). The van der Waals surface area contributed by atoms with Gasteiger partial charge in [0.1, 0.15) is 11.3 Å². The molecule has 5 nitrogen and oxygen atoms in total. The molecule has 0 spiro atoms. The maximum Gasteiger partial charge on any atom is 0.335 e. The van der Waals surface area contributed by atoms with E-state index in [1.807, 2.05) is 0 Å². The Hall–Kier alpha value is -2.18. The molecule has 1 heterocycles. The number of alkyl halides is 2. The normalized spacial score (nSPS) is 15.1. The molecular weight excluding hydrogens is 258 g/mol. The minimum Gasteiger partial charge on any atom is -0.488 e. The lowest BCUT2D eigenvalue weighted by molar-refractivity contribution is 0.0573. The van der Waals surface area contributed by atoms with Crippen molar-refractivity contribution in [2.75, 3.05) is 0 Å². The first kappa shape index (κ1) is 11.9. The molecule has 1 saturated carbocycles. The zero-order chi connectivity index (χ0) is 13.6. The summed E-state index contributed by atoms with van der Waals surface area (Å²) in [7, 11) is 0. The highest BCUT2D eigenvalue weighted by Crippen LogP contribution is 2.33. The number of aromatic nitrogens is 2. The van der Waals surface area contributed by atoms with Crippen LogP contribution in [-0.4, -0.2) is 27.0 Å². The van der Waals surface area contributed by atoms with Crippen molar-refractivity contribution in [1.82, 2.24) is 9.78 Å². The molecule has 0 unspecified atom stereocenters. The topological polar surface area (TPSA) is 64.3 Å². The van der Waals surface area contributed by atoms with Crippen LogP contribution in [0.2, 0.25) is 0 Å². The molecule has 1 aliphatic carbocycles. The van der Waals surface area contributed by atoms with Crippen LogP contribution in [0.25, 0.3) is 10.9 Å². The molecule has 100 valence electrons. The zero-order valence-corrected chi connectivity index (χ0v) is 9.72. The molecular formula is C12H10F2N2O3. The number of fused-ring (bicyclic) bond motifs is 1. The highest BCUT2D eigenvalue weighted by Gasteiger charge is 2.26. The first-order valence-corrected chi connectivity index (χ1v) is 5.75. The van der Waals surface area contributed by atoms with Gasteiger partial charge in [-0.05, 0) is 25.0 Å². The first-order valence-electron chi connectivity index (χ1n) is 5.75. The van der Waals surface area contributed by atoms with Crippen LogP contribution in [0.15, 0.2) is 18.3 Å². The van der Waals surface area contributed by atoms with Gasteiger partial charge in [0.15, 0.2) is 0 Å². The minimum absolute atomic E-state index is 0.00281. The fraction of sp³-hybridized carbons (Fsp3) is 0.333. The molecule has 0 amide bonds. The van der Waals surface area contributed by atoms with Gasteiger partial charge in [-0.15, -0.1) is 0 Å². The van der Waals surface area contributed by atoms with Crippen LogP contribution in [0, 0.1) is 0 Å². The molecule has 1 fully saturated rings. The Morgan fingerprint density at radius 1 is 1.47 bits per heavy atom. The van der Waals surface area contributed by atoms with Gasteiger partial charge in [-0.3, -0.25) is 0 Å². The number of carboxylic acid groups (broad SMARTS) is 1. The highest BCUT2D eigenvalue weighted by atomic mass is 19.3. The van der Waals surface area contributed by atoms with Crippen molar-refractivity contribution < 1.29 is 23.4 Å². The van der Waals surface area contributed by atoms with E-state index in [9.17, 15) is 13.6 Å². The van der Waals surface area contributed by atoms with E-state index in [1.54, 1.807) is 0 Å². The molecule has 1 aromatic heterocycles. The second-order valence-electron chi connectivity index (χ2n) is 4.42. The number of carboxylic acids is 1. The Morgan fingerprint density at radius 2 is 2.21 bits per heavy atom. The van der Waals surface area contributed by atoms with Crippen molar-refractivity contribution in [2.24, 2.45) is 0 Å². The van der Waals surface area contributed by atoms with E-state index < -0.39 is 12.5 Å². The third kappa shape index (κ3) is 2.23. The predicted molar refractivity (Wildman–Crippen MR) is 61.6 cm³/mol. The second kappa shape index (κ2) is 4.18. The van der Waals surface area contributed by atoms with Crippen LogP contribution >= 0.6 is 0 Å². The van der Waals surface area contributed by atoms with Crippen LogP contribution in [0.5, 0.6) is 5.75 Å². The van der Waals surface area contributed by atoms with Gasteiger partial charge in [0.25, 0.3) is 0 Å².